The van der Waals surface area contributed by atoms with E-state index in [0.717, 1.165) is 42.8 Å². The number of aromatic amines is 1. The maximum absolute atomic E-state index is 12.7. The van der Waals surface area contributed by atoms with E-state index in [4.69, 9.17) is 0 Å². The first kappa shape index (κ1) is 14.8. The molecule has 0 fully saturated rings. The highest BCUT2D eigenvalue weighted by Gasteiger charge is 2.24. The molecule has 0 spiro atoms. The lowest BCUT2D eigenvalue weighted by Gasteiger charge is -2.22. The van der Waals surface area contributed by atoms with Gasteiger partial charge in [0.15, 0.2) is 5.82 Å². The first-order chi connectivity index (χ1) is 11.8. The molecule has 0 bridgehead atoms. The average molecular weight is 321 g/mol. The molecule has 0 aliphatic heterocycles. The van der Waals surface area contributed by atoms with Gasteiger partial charge in [0.1, 0.15) is 0 Å². The van der Waals surface area contributed by atoms with Crippen molar-refractivity contribution in [3.05, 3.63) is 76.1 Å². The molecule has 1 unspecified atom stereocenters. The lowest BCUT2D eigenvalue weighted by molar-refractivity contribution is 0.452. The van der Waals surface area contributed by atoms with Crippen molar-refractivity contribution in [2.24, 2.45) is 0 Å². The zero-order valence-corrected chi connectivity index (χ0v) is 13.3. The Bertz CT molecular complexity index is 869. The third kappa shape index (κ3) is 2.88. The lowest BCUT2D eigenvalue weighted by Crippen LogP contribution is -2.36. The van der Waals surface area contributed by atoms with Crippen LogP contribution in [0.15, 0.2) is 53.6 Å². The summed E-state index contributed by atoms with van der Waals surface area (Å²) in [5.41, 5.74) is 2.92. The maximum atomic E-state index is 12.7. The molecular weight excluding hydrogens is 302 g/mol. The van der Waals surface area contributed by atoms with Gasteiger partial charge >= 0.3 is 0 Å². The molecule has 122 valence electrons. The number of hydrogen-bond donors (Lipinski definition) is 2. The van der Waals surface area contributed by atoms with Crippen molar-refractivity contribution in [3.63, 3.8) is 0 Å². The summed E-state index contributed by atoms with van der Waals surface area (Å²) in [5, 5.41) is 6.73. The first-order valence-electron chi connectivity index (χ1n) is 8.19. The molecule has 3 heterocycles. The van der Waals surface area contributed by atoms with E-state index in [0.29, 0.717) is 11.9 Å². The summed E-state index contributed by atoms with van der Waals surface area (Å²) < 4.78 is 1.55. The number of nitrogens with one attached hydrogen (secondary N) is 2. The first-order valence-corrected chi connectivity index (χ1v) is 8.19. The van der Waals surface area contributed by atoms with E-state index in [1.165, 1.54) is 0 Å². The zero-order valence-electron chi connectivity index (χ0n) is 13.3. The van der Waals surface area contributed by atoms with E-state index in [1.54, 1.807) is 17.1 Å². The molecular formula is C18H19N5O. The van der Waals surface area contributed by atoms with Crippen LogP contribution in [0.3, 0.4) is 0 Å². The van der Waals surface area contributed by atoms with E-state index in [1.807, 2.05) is 36.4 Å². The molecule has 1 aliphatic carbocycles. The number of aryl methyl sites for hydroxylation is 1. The summed E-state index contributed by atoms with van der Waals surface area (Å²) in [5.74, 6) is 0.634. The average Bonchev–Trinajstić information content (AvgIpc) is 2.98. The summed E-state index contributed by atoms with van der Waals surface area (Å²) in [6.07, 6.45) is 6.09. The third-order valence-corrected chi connectivity index (χ3v) is 4.44. The molecule has 0 saturated heterocycles. The Morgan fingerprint density at radius 3 is 2.75 bits per heavy atom. The van der Waals surface area contributed by atoms with E-state index in [-0.39, 0.29) is 5.56 Å². The van der Waals surface area contributed by atoms with Gasteiger partial charge in [0.05, 0.1) is 5.69 Å². The van der Waals surface area contributed by atoms with Crippen molar-refractivity contribution in [3.8, 4) is 5.82 Å². The second-order valence-electron chi connectivity index (χ2n) is 6.04. The molecule has 0 saturated carbocycles. The van der Waals surface area contributed by atoms with Crippen LogP contribution in [0.5, 0.6) is 0 Å². The Labute approximate surface area is 139 Å². The predicted molar refractivity (Wildman–Crippen MR) is 91.1 cm³/mol. The fraction of sp³-hybridized carbons (Fsp3) is 0.278. The molecule has 6 nitrogen and oxygen atoms in total. The smallest absolute Gasteiger partial charge is 0.276 e. The van der Waals surface area contributed by atoms with Crippen LogP contribution in [0.1, 0.15) is 23.4 Å². The van der Waals surface area contributed by atoms with Crippen molar-refractivity contribution in [2.75, 3.05) is 0 Å². The molecule has 3 aromatic heterocycles. The Balaban J connectivity index is 1.51. The van der Waals surface area contributed by atoms with Crippen LogP contribution < -0.4 is 10.9 Å². The molecule has 2 N–H and O–H groups in total. The molecule has 4 rings (SSSR count). The van der Waals surface area contributed by atoms with Gasteiger partial charge in [0, 0.05) is 36.2 Å². The number of rotatable bonds is 4. The van der Waals surface area contributed by atoms with E-state index >= 15 is 0 Å². The van der Waals surface area contributed by atoms with Crippen LogP contribution >= 0.6 is 0 Å². The van der Waals surface area contributed by atoms with E-state index in [2.05, 4.69) is 20.4 Å². The van der Waals surface area contributed by atoms with Crippen molar-refractivity contribution in [2.45, 2.75) is 31.8 Å². The topological polar surface area (TPSA) is 75.6 Å². The second kappa shape index (κ2) is 6.41. The highest BCUT2D eigenvalue weighted by Crippen LogP contribution is 2.18. The van der Waals surface area contributed by atoms with Gasteiger partial charge in [0.25, 0.3) is 5.56 Å². The molecule has 24 heavy (non-hydrogen) atoms. The van der Waals surface area contributed by atoms with Crippen LogP contribution in [-0.4, -0.2) is 25.8 Å². The van der Waals surface area contributed by atoms with Crippen LogP contribution in [0.2, 0.25) is 0 Å². The Morgan fingerprint density at radius 1 is 1.17 bits per heavy atom. The second-order valence-corrected chi connectivity index (χ2v) is 6.04. The minimum atomic E-state index is 0.00744. The third-order valence-electron chi connectivity index (χ3n) is 4.44. The summed E-state index contributed by atoms with van der Waals surface area (Å²) >= 11 is 0. The van der Waals surface area contributed by atoms with Crippen LogP contribution in [0, 0.1) is 0 Å². The van der Waals surface area contributed by atoms with E-state index in [9.17, 15) is 4.79 Å². The normalized spacial score (nSPS) is 16.8. The lowest BCUT2D eigenvalue weighted by atomic mass is 9.93. The van der Waals surface area contributed by atoms with E-state index < -0.39 is 0 Å². The van der Waals surface area contributed by atoms with Crippen LogP contribution in [0.25, 0.3) is 5.82 Å². The standard InChI is InChI=1S/C18H19N5O/c24-18-15-11-13(21-12-14-5-1-3-9-19-14)7-8-16(15)22-23(18)17-6-2-4-10-20-17/h1-6,9-10,13,21-22H,7-8,11-12H2. The van der Waals surface area contributed by atoms with Crippen LogP contribution in [-0.2, 0) is 19.4 Å². The quantitative estimate of drug-likeness (QED) is 0.765. The molecule has 1 aliphatic rings. The number of aromatic nitrogens is 4. The predicted octanol–water partition coefficient (Wildman–Crippen LogP) is 1.60. The Hall–Kier alpha value is -2.73. The number of hydrogen-bond acceptors (Lipinski definition) is 4. The van der Waals surface area contributed by atoms with Crippen molar-refractivity contribution in [1.82, 2.24) is 25.1 Å². The highest BCUT2D eigenvalue weighted by atomic mass is 16.1. The monoisotopic (exact) mass is 321 g/mol. The zero-order chi connectivity index (χ0) is 16.4. The van der Waals surface area contributed by atoms with Gasteiger partial charge in [-0.15, -0.1) is 0 Å². The van der Waals surface area contributed by atoms with Gasteiger partial charge in [-0.1, -0.05) is 12.1 Å². The van der Waals surface area contributed by atoms with Gasteiger partial charge < -0.3 is 5.32 Å². The molecule has 0 aromatic carbocycles. The molecule has 0 radical (unpaired) electrons. The van der Waals surface area contributed by atoms with Gasteiger partial charge in [-0.2, -0.15) is 0 Å². The molecule has 0 amide bonds. The minimum Gasteiger partial charge on any atom is -0.308 e. The number of H-pyrrole nitrogens is 1. The van der Waals surface area contributed by atoms with Gasteiger partial charge in [-0.05, 0) is 43.5 Å². The van der Waals surface area contributed by atoms with Crippen LogP contribution in [0.4, 0.5) is 0 Å². The molecule has 3 aromatic rings. The van der Waals surface area contributed by atoms with Crippen molar-refractivity contribution >= 4 is 0 Å². The Morgan fingerprint density at radius 2 is 2.00 bits per heavy atom. The SMILES string of the molecule is O=c1c2c([nH]n1-c1ccccn1)CCC(NCc1ccccn1)C2. The summed E-state index contributed by atoms with van der Waals surface area (Å²) in [7, 11) is 0. The van der Waals surface area contributed by atoms with Gasteiger partial charge in [-0.25, -0.2) is 9.67 Å². The highest BCUT2D eigenvalue weighted by molar-refractivity contribution is 5.28. The fourth-order valence-corrected chi connectivity index (χ4v) is 3.17. The molecule has 1 atom stereocenters. The van der Waals surface area contributed by atoms with Gasteiger partial charge in [-0.3, -0.25) is 14.9 Å². The molecule has 6 heteroatoms. The minimum absolute atomic E-state index is 0.00744. The Kier molecular flexibility index (Phi) is 3.96. The number of fused-ring (bicyclic) bond motifs is 1. The van der Waals surface area contributed by atoms with Crippen molar-refractivity contribution in [1.29, 1.82) is 0 Å². The number of pyridine rings is 2. The largest absolute Gasteiger partial charge is 0.308 e. The summed E-state index contributed by atoms with van der Waals surface area (Å²) in [6, 6.07) is 11.8. The van der Waals surface area contributed by atoms with Gasteiger partial charge in [0.2, 0.25) is 0 Å². The maximum Gasteiger partial charge on any atom is 0.276 e. The summed E-state index contributed by atoms with van der Waals surface area (Å²) in [4.78, 5) is 21.3. The van der Waals surface area contributed by atoms with Crippen molar-refractivity contribution < 1.29 is 0 Å². The fourth-order valence-electron chi connectivity index (χ4n) is 3.17. The summed E-state index contributed by atoms with van der Waals surface area (Å²) in [6.45, 7) is 0.722. The number of nitrogens with zero attached hydrogens (tertiary/aromatic N) is 3.